The number of rotatable bonds is 6. The summed E-state index contributed by atoms with van der Waals surface area (Å²) in [7, 11) is 0. The Morgan fingerprint density at radius 1 is 1.19 bits per heavy atom. The number of anilines is 1. The molecular weight excluding hydrogens is 346 g/mol. The highest BCUT2D eigenvalue weighted by Crippen LogP contribution is 2.31. The van der Waals surface area contributed by atoms with Crippen molar-refractivity contribution in [3.63, 3.8) is 0 Å². The molecule has 2 heterocycles. The van der Waals surface area contributed by atoms with Gasteiger partial charge in [0.05, 0.1) is 12.3 Å². The summed E-state index contributed by atoms with van der Waals surface area (Å²) in [6, 6.07) is 11.5. The number of hydrogen-bond donors (Lipinski definition) is 1. The van der Waals surface area contributed by atoms with Crippen molar-refractivity contribution in [1.82, 2.24) is 9.97 Å². The lowest BCUT2D eigenvalue weighted by atomic mass is 10.1. The van der Waals surface area contributed by atoms with Gasteiger partial charge < -0.3 is 4.74 Å². The van der Waals surface area contributed by atoms with Gasteiger partial charge in [-0.05, 0) is 61.9 Å². The lowest BCUT2D eigenvalue weighted by Gasteiger charge is -2.03. The van der Waals surface area contributed by atoms with Crippen LogP contribution in [0.1, 0.15) is 17.4 Å². The minimum atomic E-state index is -0.214. The van der Waals surface area contributed by atoms with E-state index in [0.717, 1.165) is 27.4 Å². The Morgan fingerprint density at radius 2 is 1.92 bits per heavy atom. The zero-order valence-electron chi connectivity index (χ0n) is 14.6. The van der Waals surface area contributed by atoms with E-state index in [9.17, 15) is 4.79 Å². The second-order valence-corrected chi connectivity index (χ2v) is 6.69. The molecule has 6 heteroatoms. The van der Waals surface area contributed by atoms with E-state index in [1.54, 1.807) is 18.5 Å². The highest BCUT2D eigenvalue weighted by molar-refractivity contribution is 7.16. The molecule has 0 fully saturated rings. The summed E-state index contributed by atoms with van der Waals surface area (Å²) in [5.74, 6) is 0.618. The van der Waals surface area contributed by atoms with Crippen molar-refractivity contribution in [2.45, 2.75) is 13.8 Å². The Morgan fingerprint density at radius 3 is 2.62 bits per heavy atom. The molecular formula is C20H19N3O2S. The minimum Gasteiger partial charge on any atom is -0.494 e. The third-order valence-electron chi connectivity index (χ3n) is 3.60. The number of aryl methyl sites for hydroxylation is 1. The van der Waals surface area contributed by atoms with Gasteiger partial charge in [0, 0.05) is 28.9 Å². The first-order valence-electron chi connectivity index (χ1n) is 8.25. The fourth-order valence-electron chi connectivity index (χ4n) is 2.39. The highest BCUT2D eigenvalue weighted by Gasteiger charge is 2.11. The molecule has 1 N–H and O–H groups in total. The standard InChI is InChI=1S/C20H19N3O2S/c1-3-25-17-7-5-16(6-8-17)19-14(2)26-20(23-19)22-18(24)9-4-15-10-12-21-13-11-15/h4-13H,3H2,1-2H3,(H,22,23,24)/b9-4+. The quantitative estimate of drug-likeness (QED) is 0.650. The summed E-state index contributed by atoms with van der Waals surface area (Å²) in [6.45, 7) is 4.58. The van der Waals surface area contributed by atoms with Crippen molar-refractivity contribution in [2.75, 3.05) is 11.9 Å². The van der Waals surface area contributed by atoms with Crippen LogP contribution in [0.15, 0.2) is 54.9 Å². The average Bonchev–Trinajstić information content (AvgIpc) is 3.02. The van der Waals surface area contributed by atoms with Crippen LogP contribution in [0, 0.1) is 6.92 Å². The predicted molar refractivity (Wildman–Crippen MR) is 105 cm³/mol. The summed E-state index contributed by atoms with van der Waals surface area (Å²) in [6.07, 6.45) is 6.60. The monoisotopic (exact) mass is 365 g/mol. The Bertz CT molecular complexity index is 903. The van der Waals surface area contributed by atoms with Gasteiger partial charge in [-0.15, -0.1) is 11.3 Å². The van der Waals surface area contributed by atoms with Crippen LogP contribution in [0.3, 0.4) is 0 Å². The Labute approximate surface area is 156 Å². The molecule has 0 aliphatic rings. The number of nitrogens with one attached hydrogen (secondary N) is 1. The third kappa shape index (κ3) is 4.55. The SMILES string of the molecule is CCOc1ccc(-c2nc(NC(=O)/C=C/c3ccncc3)sc2C)cc1. The van der Waals surface area contributed by atoms with E-state index < -0.39 is 0 Å². The smallest absolute Gasteiger partial charge is 0.250 e. The summed E-state index contributed by atoms with van der Waals surface area (Å²) < 4.78 is 5.46. The molecule has 0 bridgehead atoms. The molecule has 5 nitrogen and oxygen atoms in total. The molecule has 3 rings (SSSR count). The van der Waals surface area contributed by atoms with Crippen LogP contribution in [0.4, 0.5) is 5.13 Å². The predicted octanol–water partition coefficient (Wildman–Crippen LogP) is 4.56. The fraction of sp³-hybridized carbons (Fsp3) is 0.150. The molecule has 0 atom stereocenters. The van der Waals surface area contributed by atoms with E-state index in [4.69, 9.17) is 4.74 Å². The van der Waals surface area contributed by atoms with Crippen LogP contribution in [0.25, 0.3) is 17.3 Å². The Kier molecular flexibility index (Phi) is 5.76. The molecule has 2 aromatic heterocycles. The molecule has 26 heavy (non-hydrogen) atoms. The van der Waals surface area contributed by atoms with Gasteiger partial charge in [0.2, 0.25) is 5.91 Å². The topological polar surface area (TPSA) is 64.1 Å². The van der Waals surface area contributed by atoms with Crippen LogP contribution in [0.2, 0.25) is 0 Å². The van der Waals surface area contributed by atoms with Gasteiger partial charge in [-0.25, -0.2) is 4.98 Å². The molecule has 0 aliphatic heterocycles. The summed E-state index contributed by atoms with van der Waals surface area (Å²) >= 11 is 1.46. The maximum Gasteiger partial charge on any atom is 0.250 e. The number of nitrogens with zero attached hydrogens (tertiary/aromatic N) is 2. The van der Waals surface area contributed by atoms with Crippen molar-refractivity contribution in [3.8, 4) is 17.0 Å². The van der Waals surface area contributed by atoms with Crippen molar-refractivity contribution in [1.29, 1.82) is 0 Å². The Hall–Kier alpha value is -2.99. The number of aromatic nitrogens is 2. The van der Waals surface area contributed by atoms with E-state index in [0.29, 0.717) is 11.7 Å². The van der Waals surface area contributed by atoms with Crippen LogP contribution in [0.5, 0.6) is 5.75 Å². The number of ether oxygens (including phenoxy) is 1. The van der Waals surface area contributed by atoms with Gasteiger partial charge in [0.25, 0.3) is 0 Å². The number of pyridine rings is 1. The molecule has 1 aromatic carbocycles. The van der Waals surface area contributed by atoms with Gasteiger partial charge in [-0.2, -0.15) is 0 Å². The van der Waals surface area contributed by atoms with E-state index in [1.165, 1.54) is 17.4 Å². The molecule has 0 aliphatic carbocycles. The Balaban J connectivity index is 1.69. The van der Waals surface area contributed by atoms with E-state index in [-0.39, 0.29) is 5.91 Å². The molecule has 0 saturated heterocycles. The molecule has 132 valence electrons. The van der Waals surface area contributed by atoms with Gasteiger partial charge in [-0.3, -0.25) is 15.1 Å². The number of thiazole rings is 1. The first-order chi connectivity index (χ1) is 12.7. The van der Waals surface area contributed by atoms with Gasteiger partial charge in [-0.1, -0.05) is 0 Å². The van der Waals surface area contributed by atoms with E-state index in [1.807, 2.05) is 50.2 Å². The lowest BCUT2D eigenvalue weighted by Crippen LogP contribution is -2.07. The lowest BCUT2D eigenvalue weighted by molar-refractivity contribution is -0.111. The summed E-state index contributed by atoms with van der Waals surface area (Å²) in [4.78, 5) is 21.6. The van der Waals surface area contributed by atoms with Crippen molar-refractivity contribution < 1.29 is 9.53 Å². The maximum absolute atomic E-state index is 12.1. The fourth-order valence-corrected chi connectivity index (χ4v) is 3.23. The molecule has 1 amide bonds. The molecule has 0 unspecified atom stereocenters. The van der Waals surface area contributed by atoms with Gasteiger partial charge in [0.15, 0.2) is 5.13 Å². The van der Waals surface area contributed by atoms with Crippen molar-refractivity contribution in [2.24, 2.45) is 0 Å². The number of carbonyl (C=O) groups is 1. The van der Waals surface area contributed by atoms with Crippen molar-refractivity contribution in [3.05, 3.63) is 65.3 Å². The normalized spacial score (nSPS) is 10.8. The first-order valence-corrected chi connectivity index (χ1v) is 9.07. The summed E-state index contributed by atoms with van der Waals surface area (Å²) in [5.41, 5.74) is 2.78. The van der Waals surface area contributed by atoms with Gasteiger partial charge >= 0.3 is 0 Å². The molecule has 3 aromatic rings. The van der Waals surface area contributed by atoms with Crippen molar-refractivity contribution >= 4 is 28.5 Å². The third-order valence-corrected chi connectivity index (χ3v) is 4.48. The zero-order chi connectivity index (χ0) is 18.4. The molecule has 0 saturated carbocycles. The molecule has 0 spiro atoms. The second-order valence-electron chi connectivity index (χ2n) is 5.48. The van der Waals surface area contributed by atoms with Crippen LogP contribution in [-0.2, 0) is 4.79 Å². The average molecular weight is 365 g/mol. The number of carbonyl (C=O) groups excluding carboxylic acids is 1. The minimum absolute atomic E-state index is 0.214. The van der Waals surface area contributed by atoms with E-state index in [2.05, 4.69) is 15.3 Å². The van der Waals surface area contributed by atoms with Gasteiger partial charge in [0.1, 0.15) is 5.75 Å². The summed E-state index contributed by atoms with van der Waals surface area (Å²) in [5, 5.41) is 3.40. The van der Waals surface area contributed by atoms with Crippen LogP contribution >= 0.6 is 11.3 Å². The maximum atomic E-state index is 12.1. The zero-order valence-corrected chi connectivity index (χ0v) is 15.4. The molecule has 0 radical (unpaired) electrons. The second kappa shape index (κ2) is 8.40. The van der Waals surface area contributed by atoms with Crippen LogP contribution in [-0.4, -0.2) is 22.5 Å². The number of benzene rings is 1. The highest BCUT2D eigenvalue weighted by atomic mass is 32.1. The van der Waals surface area contributed by atoms with E-state index >= 15 is 0 Å². The number of amides is 1. The largest absolute Gasteiger partial charge is 0.494 e. The number of hydrogen-bond acceptors (Lipinski definition) is 5. The van der Waals surface area contributed by atoms with Crippen LogP contribution < -0.4 is 10.1 Å². The first kappa shape index (κ1) is 17.8.